The number of carbonyl (C=O) groups is 1. The van der Waals surface area contributed by atoms with Crippen LogP contribution in [0.1, 0.15) is 30.9 Å². The van der Waals surface area contributed by atoms with Crippen molar-refractivity contribution in [1.29, 1.82) is 5.26 Å². The van der Waals surface area contributed by atoms with Gasteiger partial charge in [0.05, 0.1) is 17.4 Å². The highest BCUT2D eigenvalue weighted by atomic mass is 32.2. The van der Waals surface area contributed by atoms with E-state index >= 15 is 0 Å². The molecule has 2 N–H and O–H groups in total. The number of carboxylic acids is 1. The molecule has 21 heavy (non-hydrogen) atoms. The highest BCUT2D eigenvalue weighted by Gasteiger charge is 2.16. The summed E-state index contributed by atoms with van der Waals surface area (Å²) >= 11 is 0. The number of nitrogens with zero attached hydrogens (tertiary/aromatic N) is 1. The van der Waals surface area contributed by atoms with Crippen LogP contribution in [0, 0.1) is 17.2 Å². The molecular formula is C14H18N2O4S. The van der Waals surface area contributed by atoms with Crippen LogP contribution in [-0.2, 0) is 20.6 Å². The van der Waals surface area contributed by atoms with Gasteiger partial charge in [0.15, 0.2) is 0 Å². The van der Waals surface area contributed by atoms with E-state index in [4.69, 9.17) is 10.4 Å². The molecule has 1 aromatic rings. The van der Waals surface area contributed by atoms with E-state index in [2.05, 4.69) is 4.72 Å². The molecule has 6 nitrogen and oxygen atoms in total. The van der Waals surface area contributed by atoms with Crippen molar-refractivity contribution in [1.82, 2.24) is 4.72 Å². The van der Waals surface area contributed by atoms with E-state index in [9.17, 15) is 13.2 Å². The van der Waals surface area contributed by atoms with Crippen molar-refractivity contribution >= 4 is 16.0 Å². The number of aliphatic carboxylic acids is 1. The summed E-state index contributed by atoms with van der Waals surface area (Å²) in [4.78, 5) is 10.6. The number of nitrogens with one attached hydrogen (secondary N) is 1. The first kappa shape index (κ1) is 17.1. The Morgan fingerprint density at radius 1 is 1.48 bits per heavy atom. The first-order valence-corrected chi connectivity index (χ1v) is 8.19. The Bertz CT molecular complexity index is 635. The second kappa shape index (κ2) is 7.76. The van der Waals surface area contributed by atoms with Crippen LogP contribution in [0.3, 0.4) is 0 Å². The Morgan fingerprint density at radius 3 is 2.76 bits per heavy atom. The van der Waals surface area contributed by atoms with Crippen LogP contribution in [0.25, 0.3) is 0 Å². The molecule has 1 unspecified atom stereocenters. The van der Waals surface area contributed by atoms with Crippen LogP contribution < -0.4 is 4.72 Å². The maximum absolute atomic E-state index is 12.0. The summed E-state index contributed by atoms with van der Waals surface area (Å²) < 4.78 is 26.4. The van der Waals surface area contributed by atoms with Crippen molar-refractivity contribution in [2.45, 2.75) is 25.5 Å². The topological polar surface area (TPSA) is 107 Å². The fourth-order valence-electron chi connectivity index (χ4n) is 1.85. The summed E-state index contributed by atoms with van der Waals surface area (Å²) in [5.41, 5.74) is 0.924. The SMILES string of the molecule is CCC(CNS(=O)(=O)Cc1cccc(C#N)c1)CC(=O)O. The normalized spacial score (nSPS) is 12.6. The minimum absolute atomic E-state index is 0.0665. The third-order valence-electron chi connectivity index (χ3n) is 3.05. The lowest BCUT2D eigenvalue weighted by Gasteiger charge is -2.13. The fourth-order valence-corrected chi connectivity index (χ4v) is 3.06. The van der Waals surface area contributed by atoms with Crippen molar-refractivity contribution in [3.05, 3.63) is 35.4 Å². The van der Waals surface area contributed by atoms with Gasteiger partial charge in [-0.25, -0.2) is 13.1 Å². The number of sulfonamides is 1. The quantitative estimate of drug-likeness (QED) is 0.756. The van der Waals surface area contributed by atoms with Crippen molar-refractivity contribution in [3.8, 4) is 6.07 Å². The van der Waals surface area contributed by atoms with Crippen LogP contribution in [-0.4, -0.2) is 26.0 Å². The van der Waals surface area contributed by atoms with E-state index in [0.29, 0.717) is 17.5 Å². The molecule has 0 spiro atoms. The molecule has 1 atom stereocenters. The van der Waals surface area contributed by atoms with Gasteiger partial charge in [-0.15, -0.1) is 0 Å². The Balaban J connectivity index is 2.65. The molecule has 0 fully saturated rings. The molecule has 7 heteroatoms. The summed E-state index contributed by atoms with van der Waals surface area (Å²) in [5, 5.41) is 17.5. The molecule has 0 aliphatic carbocycles. The Hall–Kier alpha value is -1.91. The third-order valence-corrected chi connectivity index (χ3v) is 4.37. The van der Waals surface area contributed by atoms with E-state index < -0.39 is 16.0 Å². The van der Waals surface area contributed by atoms with E-state index in [1.807, 2.05) is 13.0 Å². The molecule has 0 aliphatic rings. The lowest BCUT2D eigenvalue weighted by molar-refractivity contribution is -0.138. The van der Waals surface area contributed by atoms with E-state index in [0.717, 1.165) is 0 Å². The summed E-state index contributed by atoms with van der Waals surface area (Å²) in [6.45, 7) is 1.92. The summed E-state index contributed by atoms with van der Waals surface area (Å²) in [7, 11) is -3.55. The van der Waals surface area contributed by atoms with Gasteiger partial charge >= 0.3 is 5.97 Å². The number of rotatable bonds is 8. The number of nitriles is 1. The van der Waals surface area contributed by atoms with Gasteiger partial charge in [0.1, 0.15) is 0 Å². The number of hydrogen-bond donors (Lipinski definition) is 2. The second-order valence-electron chi connectivity index (χ2n) is 4.79. The molecule has 0 heterocycles. The van der Waals surface area contributed by atoms with Gasteiger partial charge in [-0.1, -0.05) is 25.5 Å². The highest BCUT2D eigenvalue weighted by molar-refractivity contribution is 7.88. The Kier molecular flexibility index (Phi) is 6.34. The van der Waals surface area contributed by atoms with E-state index in [-0.39, 0.29) is 24.6 Å². The summed E-state index contributed by atoms with van der Waals surface area (Å²) in [6, 6.07) is 8.34. The van der Waals surface area contributed by atoms with Crippen LogP contribution in [0.15, 0.2) is 24.3 Å². The van der Waals surface area contributed by atoms with Gasteiger partial charge in [0.2, 0.25) is 10.0 Å². The smallest absolute Gasteiger partial charge is 0.303 e. The molecule has 0 radical (unpaired) electrons. The van der Waals surface area contributed by atoms with Gasteiger partial charge in [-0.3, -0.25) is 4.79 Å². The standard InChI is InChI=1S/C14H18N2O4S/c1-2-11(7-14(17)18)9-16-21(19,20)10-13-5-3-4-12(6-13)8-15/h3-6,11,16H,2,7,9-10H2,1H3,(H,17,18). The fraction of sp³-hybridized carbons (Fsp3) is 0.429. The molecule has 0 amide bonds. The largest absolute Gasteiger partial charge is 0.481 e. The van der Waals surface area contributed by atoms with Gasteiger partial charge < -0.3 is 5.11 Å². The van der Waals surface area contributed by atoms with Crippen LogP contribution in [0.5, 0.6) is 0 Å². The molecule has 0 bridgehead atoms. The van der Waals surface area contributed by atoms with Crippen LogP contribution in [0.4, 0.5) is 0 Å². The second-order valence-corrected chi connectivity index (χ2v) is 6.60. The summed E-state index contributed by atoms with van der Waals surface area (Å²) in [6.07, 6.45) is 0.516. The zero-order valence-electron chi connectivity index (χ0n) is 11.7. The molecule has 0 saturated carbocycles. The third kappa shape index (κ3) is 6.38. The first-order valence-electron chi connectivity index (χ1n) is 6.54. The minimum atomic E-state index is -3.55. The number of hydrogen-bond acceptors (Lipinski definition) is 4. The van der Waals surface area contributed by atoms with E-state index in [1.165, 1.54) is 6.07 Å². The molecule has 1 rings (SSSR count). The number of benzene rings is 1. The minimum Gasteiger partial charge on any atom is -0.481 e. The lowest BCUT2D eigenvalue weighted by atomic mass is 10.0. The molecular weight excluding hydrogens is 292 g/mol. The zero-order valence-corrected chi connectivity index (χ0v) is 12.6. The Morgan fingerprint density at radius 2 is 2.19 bits per heavy atom. The molecule has 114 valence electrons. The van der Waals surface area contributed by atoms with Crippen molar-refractivity contribution in [3.63, 3.8) is 0 Å². The van der Waals surface area contributed by atoms with Crippen molar-refractivity contribution in [2.24, 2.45) is 5.92 Å². The van der Waals surface area contributed by atoms with Gasteiger partial charge in [0.25, 0.3) is 0 Å². The first-order chi connectivity index (χ1) is 9.86. The molecule has 1 aromatic carbocycles. The van der Waals surface area contributed by atoms with Crippen molar-refractivity contribution < 1.29 is 18.3 Å². The highest BCUT2D eigenvalue weighted by Crippen LogP contribution is 2.10. The average molecular weight is 310 g/mol. The van der Waals surface area contributed by atoms with E-state index in [1.54, 1.807) is 18.2 Å². The zero-order chi connectivity index (χ0) is 15.9. The maximum Gasteiger partial charge on any atom is 0.303 e. The lowest BCUT2D eigenvalue weighted by Crippen LogP contribution is -2.31. The monoisotopic (exact) mass is 310 g/mol. The average Bonchev–Trinajstić information content (AvgIpc) is 2.42. The molecule has 0 aromatic heterocycles. The predicted octanol–water partition coefficient (Wildman–Crippen LogP) is 1.48. The maximum atomic E-state index is 12.0. The van der Waals surface area contributed by atoms with Gasteiger partial charge in [-0.05, 0) is 23.6 Å². The molecule has 0 saturated heterocycles. The summed E-state index contributed by atoms with van der Waals surface area (Å²) in [5.74, 6) is -1.41. The van der Waals surface area contributed by atoms with Crippen LogP contribution in [0.2, 0.25) is 0 Å². The Labute approximate surface area is 124 Å². The van der Waals surface area contributed by atoms with Gasteiger partial charge in [0, 0.05) is 13.0 Å². The van der Waals surface area contributed by atoms with Gasteiger partial charge in [-0.2, -0.15) is 5.26 Å². The number of carboxylic acid groups (broad SMARTS) is 1. The predicted molar refractivity (Wildman–Crippen MR) is 77.8 cm³/mol. The van der Waals surface area contributed by atoms with Crippen LogP contribution >= 0.6 is 0 Å². The van der Waals surface area contributed by atoms with Crippen molar-refractivity contribution in [2.75, 3.05) is 6.54 Å². The molecule has 0 aliphatic heterocycles.